The number of anilines is 1. The van der Waals surface area contributed by atoms with Gasteiger partial charge in [-0.15, -0.1) is 0 Å². The second-order valence-electron chi connectivity index (χ2n) is 5.32. The minimum absolute atomic E-state index is 0.00815. The highest BCUT2D eigenvalue weighted by molar-refractivity contribution is 6.02. The lowest BCUT2D eigenvalue weighted by Crippen LogP contribution is -2.22. The van der Waals surface area contributed by atoms with E-state index in [2.05, 4.69) is 15.1 Å². The van der Waals surface area contributed by atoms with Crippen LogP contribution in [0.3, 0.4) is 0 Å². The number of methoxy groups -OCH3 is 2. The Morgan fingerprint density at radius 3 is 2.52 bits per heavy atom. The average Bonchev–Trinajstić information content (AvgIpc) is 2.59. The molecule has 0 bridgehead atoms. The van der Waals surface area contributed by atoms with Crippen LogP contribution in [0.1, 0.15) is 29.2 Å². The summed E-state index contributed by atoms with van der Waals surface area (Å²) in [5.41, 5.74) is 8.64. The third-order valence-electron chi connectivity index (χ3n) is 4.07. The van der Waals surface area contributed by atoms with Gasteiger partial charge in [0.05, 0.1) is 25.6 Å². The fourth-order valence-corrected chi connectivity index (χ4v) is 3.06. The van der Waals surface area contributed by atoms with Crippen molar-refractivity contribution in [2.45, 2.75) is 18.8 Å². The van der Waals surface area contributed by atoms with Crippen molar-refractivity contribution in [2.75, 3.05) is 20.0 Å². The van der Waals surface area contributed by atoms with Gasteiger partial charge in [-0.25, -0.2) is 9.97 Å². The molecule has 0 saturated heterocycles. The molecule has 1 heterocycles. The van der Waals surface area contributed by atoms with Crippen LogP contribution in [0, 0.1) is 0 Å². The van der Waals surface area contributed by atoms with Crippen molar-refractivity contribution in [3.05, 3.63) is 41.2 Å². The normalized spacial score (nSPS) is 18.5. The van der Waals surface area contributed by atoms with Crippen molar-refractivity contribution in [2.24, 2.45) is 5.16 Å². The number of aromatic nitrogens is 2. The summed E-state index contributed by atoms with van der Waals surface area (Å²) in [5, 5.41) is 12.8. The number of oxime groups is 1. The van der Waals surface area contributed by atoms with Crippen LogP contribution in [-0.2, 0) is 6.42 Å². The highest BCUT2D eigenvalue weighted by Gasteiger charge is 2.30. The summed E-state index contributed by atoms with van der Waals surface area (Å²) < 4.78 is 11.0. The molecule has 3 rings (SSSR count). The molecule has 0 spiro atoms. The molecule has 0 amide bonds. The summed E-state index contributed by atoms with van der Waals surface area (Å²) in [7, 11) is 3.24. The second kappa shape index (κ2) is 6.12. The molecule has 0 radical (unpaired) electrons. The van der Waals surface area contributed by atoms with E-state index in [1.165, 1.54) is 0 Å². The van der Waals surface area contributed by atoms with Crippen LogP contribution in [-0.4, -0.2) is 35.1 Å². The molecule has 2 aromatic rings. The van der Waals surface area contributed by atoms with Crippen LogP contribution < -0.4 is 15.2 Å². The number of benzene rings is 1. The van der Waals surface area contributed by atoms with Crippen LogP contribution in [0.4, 0.5) is 5.95 Å². The molecule has 7 heteroatoms. The van der Waals surface area contributed by atoms with Crippen molar-refractivity contribution in [3.63, 3.8) is 0 Å². The zero-order valence-electron chi connectivity index (χ0n) is 13.0. The van der Waals surface area contributed by atoms with E-state index in [1.807, 2.05) is 18.2 Å². The minimum Gasteiger partial charge on any atom is -0.496 e. The molecular weight excluding hydrogens is 296 g/mol. The molecule has 0 saturated carbocycles. The number of nitrogens with two attached hydrogens (primary N) is 1. The van der Waals surface area contributed by atoms with Gasteiger partial charge in [-0.1, -0.05) is 11.2 Å². The first kappa shape index (κ1) is 15.1. The highest BCUT2D eigenvalue weighted by atomic mass is 16.5. The van der Waals surface area contributed by atoms with Crippen molar-refractivity contribution in [1.29, 1.82) is 0 Å². The second-order valence-corrected chi connectivity index (χ2v) is 5.32. The van der Waals surface area contributed by atoms with Gasteiger partial charge < -0.3 is 20.4 Å². The maximum absolute atomic E-state index is 9.36. The fraction of sp³-hybridized carbons (Fsp3) is 0.312. The fourth-order valence-electron chi connectivity index (χ4n) is 3.06. The smallest absolute Gasteiger partial charge is 0.220 e. The SMILES string of the molecule is COc1cccc(OC)c1C1C/C(=N\O)c2cnc(N)nc2C1. The number of ether oxygens (including phenoxy) is 2. The predicted molar refractivity (Wildman–Crippen MR) is 85.4 cm³/mol. The third-order valence-corrected chi connectivity index (χ3v) is 4.07. The number of hydrogen-bond donors (Lipinski definition) is 2. The van der Waals surface area contributed by atoms with E-state index in [-0.39, 0.29) is 11.9 Å². The largest absolute Gasteiger partial charge is 0.496 e. The van der Waals surface area contributed by atoms with Gasteiger partial charge >= 0.3 is 0 Å². The molecule has 1 unspecified atom stereocenters. The maximum atomic E-state index is 9.36. The Balaban J connectivity index is 2.10. The molecular formula is C16H18N4O3. The molecule has 1 aromatic carbocycles. The Hall–Kier alpha value is -2.83. The Morgan fingerprint density at radius 1 is 1.22 bits per heavy atom. The predicted octanol–water partition coefficient (Wildman–Crippen LogP) is 1.98. The quantitative estimate of drug-likeness (QED) is 0.663. The third kappa shape index (κ3) is 2.65. The zero-order valence-corrected chi connectivity index (χ0v) is 13.0. The number of nitrogen functional groups attached to an aromatic ring is 1. The molecule has 1 aliphatic carbocycles. The lowest BCUT2D eigenvalue weighted by Gasteiger charge is -2.27. The van der Waals surface area contributed by atoms with Gasteiger partial charge in [0.25, 0.3) is 0 Å². The Morgan fingerprint density at radius 2 is 1.91 bits per heavy atom. The topological polar surface area (TPSA) is 103 Å². The van der Waals surface area contributed by atoms with E-state index in [0.717, 1.165) is 28.3 Å². The van der Waals surface area contributed by atoms with Crippen molar-refractivity contribution < 1.29 is 14.7 Å². The molecule has 0 fully saturated rings. The van der Waals surface area contributed by atoms with Gasteiger partial charge in [-0.3, -0.25) is 0 Å². The average molecular weight is 314 g/mol. The van der Waals surface area contributed by atoms with Crippen LogP contribution in [0.25, 0.3) is 0 Å². The molecule has 0 aliphatic heterocycles. The minimum atomic E-state index is 0.00815. The van der Waals surface area contributed by atoms with Gasteiger partial charge in [-0.05, 0) is 18.6 Å². The van der Waals surface area contributed by atoms with Gasteiger partial charge in [0.2, 0.25) is 5.95 Å². The summed E-state index contributed by atoms with van der Waals surface area (Å²) in [5.74, 6) is 1.68. The van der Waals surface area contributed by atoms with E-state index >= 15 is 0 Å². The lowest BCUT2D eigenvalue weighted by atomic mass is 9.81. The molecule has 1 aliphatic rings. The lowest BCUT2D eigenvalue weighted by molar-refractivity contribution is 0.316. The molecule has 1 atom stereocenters. The van der Waals surface area contributed by atoms with Crippen LogP contribution in [0.2, 0.25) is 0 Å². The van der Waals surface area contributed by atoms with Crippen molar-refractivity contribution in [1.82, 2.24) is 9.97 Å². The van der Waals surface area contributed by atoms with Gasteiger partial charge in [0.1, 0.15) is 11.5 Å². The first-order valence-corrected chi connectivity index (χ1v) is 7.21. The van der Waals surface area contributed by atoms with E-state index in [4.69, 9.17) is 15.2 Å². The Labute approximate surface area is 133 Å². The monoisotopic (exact) mass is 314 g/mol. The van der Waals surface area contributed by atoms with Crippen molar-refractivity contribution in [3.8, 4) is 11.5 Å². The molecule has 23 heavy (non-hydrogen) atoms. The van der Waals surface area contributed by atoms with E-state index < -0.39 is 0 Å². The van der Waals surface area contributed by atoms with E-state index in [1.54, 1.807) is 20.4 Å². The van der Waals surface area contributed by atoms with Crippen LogP contribution in [0.5, 0.6) is 11.5 Å². The Bertz CT molecular complexity index is 739. The van der Waals surface area contributed by atoms with Gasteiger partial charge in [0.15, 0.2) is 0 Å². The summed E-state index contributed by atoms with van der Waals surface area (Å²) in [6.07, 6.45) is 2.77. The Kier molecular flexibility index (Phi) is 4.01. The highest BCUT2D eigenvalue weighted by Crippen LogP contribution is 2.41. The zero-order chi connectivity index (χ0) is 16.4. The summed E-state index contributed by atoms with van der Waals surface area (Å²) >= 11 is 0. The number of fused-ring (bicyclic) bond motifs is 1. The van der Waals surface area contributed by atoms with Gasteiger partial charge in [-0.2, -0.15) is 0 Å². The summed E-state index contributed by atoms with van der Waals surface area (Å²) in [6, 6.07) is 5.65. The maximum Gasteiger partial charge on any atom is 0.220 e. The molecule has 3 N–H and O–H groups in total. The molecule has 120 valence electrons. The van der Waals surface area contributed by atoms with E-state index in [9.17, 15) is 5.21 Å². The van der Waals surface area contributed by atoms with E-state index in [0.29, 0.717) is 18.6 Å². The summed E-state index contributed by atoms with van der Waals surface area (Å²) in [6.45, 7) is 0. The summed E-state index contributed by atoms with van der Waals surface area (Å²) in [4.78, 5) is 8.27. The van der Waals surface area contributed by atoms with Crippen LogP contribution in [0.15, 0.2) is 29.6 Å². The molecule has 1 aromatic heterocycles. The standard InChI is InChI=1S/C16H18N4O3/c1-22-13-4-3-5-14(23-2)15(13)9-6-11-10(12(7-9)20-21)8-18-16(17)19-11/h3-5,8-9,21H,6-7H2,1-2H3,(H2,17,18,19)/b20-12+. The van der Waals surface area contributed by atoms with Crippen LogP contribution >= 0.6 is 0 Å². The number of nitrogens with zero attached hydrogens (tertiary/aromatic N) is 3. The number of rotatable bonds is 3. The van der Waals surface area contributed by atoms with Crippen molar-refractivity contribution >= 4 is 11.7 Å². The first-order valence-electron chi connectivity index (χ1n) is 7.21. The first-order chi connectivity index (χ1) is 11.2. The molecule has 7 nitrogen and oxygen atoms in total. The number of hydrogen-bond acceptors (Lipinski definition) is 7. The van der Waals surface area contributed by atoms with Gasteiger partial charge in [0, 0.05) is 29.7 Å².